The van der Waals surface area contributed by atoms with E-state index in [2.05, 4.69) is 5.32 Å². The molecule has 0 heterocycles. The highest BCUT2D eigenvalue weighted by molar-refractivity contribution is 7.92. The van der Waals surface area contributed by atoms with Crippen molar-refractivity contribution in [3.05, 3.63) is 101 Å². The molecule has 0 radical (unpaired) electrons. The average molecular weight is 542 g/mol. The number of hydrogen-bond donors (Lipinski definition) is 1. The standard InChI is InChI=1S/C28H32ClN3O4S/c1-4-30-28(34)26(18-22-11-6-5-7-12-22)31(19-23-13-9-8-10-21(23)2)27(33)20-32(37(3,35)36)25-16-14-24(29)15-17-25/h5-17,26H,4,18-20H2,1-3H3,(H,30,34)/t26-/m1/s1. The third-order valence-electron chi connectivity index (χ3n) is 6.02. The maximum Gasteiger partial charge on any atom is 0.244 e. The van der Waals surface area contributed by atoms with Gasteiger partial charge >= 0.3 is 0 Å². The zero-order chi connectivity index (χ0) is 27.0. The van der Waals surface area contributed by atoms with E-state index in [-0.39, 0.29) is 18.9 Å². The molecule has 0 aliphatic rings. The van der Waals surface area contributed by atoms with Crippen LogP contribution in [0, 0.1) is 6.92 Å². The van der Waals surface area contributed by atoms with Crippen LogP contribution in [0.4, 0.5) is 5.69 Å². The number of amides is 2. The van der Waals surface area contributed by atoms with Crippen molar-refractivity contribution in [1.82, 2.24) is 10.2 Å². The third kappa shape index (κ3) is 7.81. The number of carbonyl (C=O) groups excluding carboxylic acids is 2. The van der Waals surface area contributed by atoms with Crippen molar-refractivity contribution >= 4 is 39.1 Å². The lowest BCUT2D eigenvalue weighted by Crippen LogP contribution is -2.53. The van der Waals surface area contributed by atoms with Crippen molar-refractivity contribution in [3.63, 3.8) is 0 Å². The molecule has 3 aromatic carbocycles. The summed E-state index contributed by atoms with van der Waals surface area (Å²) in [6, 6.07) is 22.5. The van der Waals surface area contributed by atoms with E-state index >= 15 is 0 Å². The van der Waals surface area contributed by atoms with E-state index in [1.807, 2.05) is 68.4 Å². The number of nitrogens with one attached hydrogen (secondary N) is 1. The SMILES string of the molecule is CCNC(=O)[C@@H](Cc1ccccc1)N(Cc1ccccc1C)C(=O)CN(c1ccc(Cl)cc1)S(C)(=O)=O. The Hall–Kier alpha value is -3.36. The van der Waals surface area contributed by atoms with Crippen LogP contribution >= 0.6 is 11.6 Å². The van der Waals surface area contributed by atoms with E-state index in [0.717, 1.165) is 27.3 Å². The number of benzene rings is 3. The molecule has 0 aliphatic carbocycles. The minimum atomic E-state index is -3.81. The van der Waals surface area contributed by atoms with E-state index in [1.165, 1.54) is 4.90 Å². The van der Waals surface area contributed by atoms with Gasteiger partial charge in [0.05, 0.1) is 11.9 Å². The van der Waals surface area contributed by atoms with Crippen LogP contribution < -0.4 is 9.62 Å². The molecule has 7 nitrogen and oxygen atoms in total. The predicted molar refractivity (Wildman–Crippen MR) is 148 cm³/mol. The topological polar surface area (TPSA) is 86.8 Å². The summed E-state index contributed by atoms with van der Waals surface area (Å²) in [6.45, 7) is 3.84. The zero-order valence-corrected chi connectivity index (χ0v) is 22.8. The van der Waals surface area contributed by atoms with Gasteiger partial charge in [-0.15, -0.1) is 0 Å². The highest BCUT2D eigenvalue weighted by Crippen LogP contribution is 2.22. The molecule has 37 heavy (non-hydrogen) atoms. The summed E-state index contributed by atoms with van der Waals surface area (Å²) in [7, 11) is -3.81. The first-order chi connectivity index (χ1) is 17.6. The summed E-state index contributed by atoms with van der Waals surface area (Å²) < 4.78 is 26.5. The summed E-state index contributed by atoms with van der Waals surface area (Å²) in [6.07, 6.45) is 1.33. The summed E-state index contributed by atoms with van der Waals surface area (Å²) in [5, 5.41) is 3.29. The Morgan fingerprint density at radius 3 is 2.16 bits per heavy atom. The first-order valence-corrected chi connectivity index (χ1v) is 14.2. The van der Waals surface area contributed by atoms with Gasteiger partial charge in [0.15, 0.2) is 0 Å². The summed E-state index contributed by atoms with van der Waals surface area (Å²) in [5.41, 5.74) is 3.04. The van der Waals surface area contributed by atoms with Crippen molar-refractivity contribution in [2.24, 2.45) is 0 Å². The Morgan fingerprint density at radius 2 is 1.57 bits per heavy atom. The van der Waals surface area contributed by atoms with Gasteiger partial charge in [-0.05, 0) is 54.8 Å². The van der Waals surface area contributed by atoms with Crippen LogP contribution in [0.3, 0.4) is 0 Å². The Bertz CT molecular complexity index is 1310. The lowest BCUT2D eigenvalue weighted by Gasteiger charge is -2.33. The van der Waals surface area contributed by atoms with Gasteiger partial charge in [0, 0.05) is 24.5 Å². The minimum Gasteiger partial charge on any atom is -0.355 e. The molecule has 0 fully saturated rings. The number of rotatable bonds is 11. The van der Waals surface area contributed by atoms with Gasteiger partial charge in [-0.3, -0.25) is 13.9 Å². The second kappa shape index (κ2) is 12.7. The van der Waals surface area contributed by atoms with Crippen molar-refractivity contribution in [2.75, 3.05) is 23.7 Å². The number of anilines is 1. The molecular weight excluding hydrogens is 510 g/mol. The molecule has 0 saturated carbocycles. The molecule has 196 valence electrons. The molecule has 0 aromatic heterocycles. The molecular formula is C28H32ClN3O4S. The van der Waals surface area contributed by atoms with Gasteiger partial charge in [-0.2, -0.15) is 0 Å². The van der Waals surface area contributed by atoms with E-state index in [9.17, 15) is 18.0 Å². The van der Waals surface area contributed by atoms with E-state index in [1.54, 1.807) is 24.3 Å². The Morgan fingerprint density at radius 1 is 0.946 bits per heavy atom. The minimum absolute atomic E-state index is 0.151. The molecule has 1 atom stereocenters. The number of halogens is 1. The maximum absolute atomic E-state index is 13.9. The molecule has 3 rings (SSSR count). The Balaban J connectivity index is 2.04. The van der Waals surface area contributed by atoms with Gasteiger partial charge < -0.3 is 10.2 Å². The van der Waals surface area contributed by atoms with Crippen molar-refractivity contribution in [2.45, 2.75) is 32.9 Å². The number of sulfonamides is 1. The third-order valence-corrected chi connectivity index (χ3v) is 7.41. The number of carbonyl (C=O) groups is 2. The molecule has 0 aliphatic heterocycles. The molecule has 0 bridgehead atoms. The van der Waals surface area contributed by atoms with Crippen LogP contribution in [0.1, 0.15) is 23.6 Å². The van der Waals surface area contributed by atoms with Gasteiger partial charge in [-0.25, -0.2) is 8.42 Å². The second-order valence-corrected chi connectivity index (χ2v) is 11.1. The van der Waals surface area contributed by atoms with Crippen molar-refractivity contribution in [3.8, 4) is 0 Å². The fourth-order valence-corrected chi connectivity index (χ4v) is 5.01. The fourth-order valence-electron chi connectivity index (χ4n) is 4.04. The van der Waals surface area contributed by atoms with E-state index in [4.69, 9.17) is 11.6 Å². The highest BCUT2D eigenvalue weighted by atomic mass is 35.5. The number of nitrogens with zero attached hydrogens (tertiary/aromatic N) is 2. The molecule has 0 spiro atoms. The fraction of sp³-hybridized carbons (Fsp3) is 0.286. The number of aryl methyl sites for hydroxylation is 1. The number of likely N-dealkylation sites (N-methyl/N-ethyl adjacent to an activating group) is 1. The predicted octanol–water partition coefficient (Wildman–Crippen LogP) is 4.19. The Kier molecular flexibility index (Phi) is 9.72. The lowest BCUT2D eigenvalue weighted by atomic mass is 10.0. The maximum atomic E-state index is 13.9. The smallest absolute Gasteiger partial charge is 0.244 e. The van der Waals surface area contributed by atoms with Crippen LogP contribution in [0.25, 0.3) is 0 Å². The molecule has 0 unspecified atom stereocenters. The largest absolute Gasteiger partial charge is 0.355 e. The monoisotopic (exact) mass is 541 g/mol. The van der Waals surface area contributed by atoms with Gasteiger partial charge in [0.2, 0.25) is 21.8 Å². The van der Waals surface area contributed by atoms with Crippen LogP contribution in [0.15, 0.2) is 78.9 Å². The van der Waals surface area contributed by atoms with Crippen molar-refractivity contribution in [1.29, 1.82) is 0 Å². The lowest BCUT2D eigenvalue weighted by molar-refractivity contribution is -0.140. The van der Waals surface area contributed by atoms with Gasteiger partial charge in [0.25, 0.3) is 0 Å². The van der Waals surface area contributed by atoms with Gasteiger partial charge in [-0.1, -0.05) is 66.2 Å². The molecule has 1 N–H and O–H groups in total. The first kappa shape index (κ1) is 28.2. The summed E-state index contributed by atoms with van der Waals surface area (Å²) >= 11 is 5.99. The first-order valence-electron chi connectivity index (χ1n) is 12.0. The zero-order valence-electron chi connectivity index (χ0n) is 21.2. The summed E-state index contributed by atoms with van der Waals surface area (Å²) in [4.78, 5) is 28.7. The van der Waals surface area contributed by atoms with Crippen LogP contribution in [0.5, 0.6) is 0 Å². The van der Waals surface area contributed by atoms with E-state index < -0.39 is 28.5 Å². The van der Waals surface area contributed by atoms with Crippen molar-refractivity contribution < 1.29 is 18.0 Å². The van der Waals surface area contributed by atoms with Crippen LogP contribution in [0.2, 0.25) is 5.02 Å². The summed E-state index contributed by atoms with van der Waals surface area (Å²) in [5.74, 6) is -0.790. The molecule has 2 amide bonds. The molecule has 3 aromatic rings. The van der Waals surface area contributed by atoms with Crippen LogP contribution in [-0.4, -0.2) is 50.5 Å². The molecule has 9 heteroatoms. The van der Waals surface area contributed by atoms with Gasteiger partial charge in [0.1, 0.15) is 12.6 Å². The van der Waals surface area contributed by atoms with Crippen LogP contribution in [-0.2, 0) is 32.6 Å². The second-order valence-electron chi connectivity index (χ2n) is 8.79. The normalized spacial score (nSPS) is 12.0. The molecule has 0 saturated heterocycles. The quantitative estimate of drug-likeness (QED) is 0.394. The number of hydrogen-bond acceptors (Lipinski definition) is 4. The average Bonchev–Trinajstić information content (AvgIpc) is 2.86. The Labute approximate surface area is 224 Å². The van der Waals surface area contributed by atoms with E-state index in [0.29, 0.717) is 17.3 Å². The highest BCUT2D eigenvalue weighted by Gasteiger charge is 2.33.